The Balaban J connectivity index is 2.19. The molecule has 22 heavy (non-hydrogen) atoms. The minimum Gasteiger partial charge on any atom is -0.293 e. The van der Waals surface area contributed by atoms with E-state index in [1.807, 2.05) is 59.7 Å². The highest BCUT2D eigenvalue weighted by Crippen LogP contribution is 2.25. The van der Waals surface area contributed by atoms with Crippen LogP contribution in [0.25, 0.3) is 0 Å². The molecule has 0 bridgehead atoms. The molecular weight excluding hydrogens is 292 g/mol. The lowest BCUT2D eigenvalue weighted by molar-refractivity contribution is 0.0993. The number of hydrogen-bond donors (Lipinski definition) is 0. The molecule has 0 aliphatic heterocycles. The summed E-state index contributed by atoms with van der Waals surface area (Å²) in [6.45, 7) is 12.0. The van der Waals surface area contributed by atoms with Gasteiger partial charge in [-0.3, -0.25) is 4.79 Å². The van der Waals surface area contributed by atoms with Crippen molar-refractivity contribution in [3.8, 4) is 0 Å². The first-order valence-electron chi connectivity index (χ1n) is 7.39. The Morgan fingerprint density at radius 2 is 1.59 bits per heavy atom. The van der Waals surface area contributed by atoms with E-state index >= 15 is 0 Å². The average molecular weight is 314 g/mol. The van der Waals surface area contributed by atoms with Crippen LogP contribution in [0.3, 0.4) is 0 Å². The summed E-state index contributed by atoms with van der Waals surface area (Å²) in [6, 6.07) is 5.85. The minimum absolute atomic E-state index is 0.118. The monoisotopic (exact) mass is 314 g/mol. The number of rotatable bonds is 4. The van der Waals surface area contributed by atoms with Crippen LogP contribution in [0.5, 0.6) is 0 Å². The molecule has 0 radical (unpaired) electrons. The van der Waals surface area contributed by atoms with E-state index in [9.17, 15) is 4.79 Å². The van der Waals surface area contributed by atoms with Gasteiger partial charge in [0.25, 0.3) is 0 Å². The molecule has 0 N–H and O–H groups in total. The highest BCUT2D eigenvalue weighted by atomic mass is 32.2. The van der Waals surface area contributed by atoms with E-state index in [0.717, 1.165) is 28.1 Å². The van der Waals surface area contributed by atoms with Crippen molar-refractivity contribution in [3.05, 3.63) is 51.8 Å². The van der Waals surface area contributed by atoms with Crippen LogP contribution >= 0.6 is 11.8 Å². The maximum Gasteiger partial charge on any atom is 0.188 e. The molecule has 0 spiro atoms. The second-order valence-electron chi connectivity index (χ2n) is 5.73. The lowest BCUT2D eigenvalue weighted by Gasteiger charge is -2.12. The molecule has 1 aromatic heterocycles. The number of ketones is 1. The summed E-state index contributed by atoms with van der Waals surface area (Å²) < 4.78 is 0. The fourth-order valence-corrected chi connectivity index (χ4v) is 3.07. The molecule has 0 unspecified atom stereocenters. The van der Waals surface area contributed by atoms with Gasteiger partial charge in [0.1, 0.15) is 0 Å². The van der Waals surface area contributed by atoms with E-state index < -0.39 is 0 Å². The molecule has 0 saturated carbocycles. The van der Waals surface area contributed by atoms with Crippen molar-refractivity contribution in [2.75, 3.05) is 0 Å². The number of benzene rings is 1. The molecule has 4 heteroatoms. The number of aromatic nitrogens is 2. The third-order valence-corrected chi connectivity index (χ3v) is 5.02. The topological polar surface area (TPSA) is 42.9 Å². The SMILES string of the molecule is Cc1ccc(C(=O)[C@H](C)Sc2nc(C)c(C)c(C)n2)cc1C. The van der Waals surface area contributed by atoms with E-state index in [0.29, 0.717) is 5.16 Å². The second kappa shape index (κ2) is 6.61. The molecule has 1 aromatic carbocycles. The zero-order valence-electron chi connectivity index (χ0n) is 14.0. The lowest BCUT2D eigenvalue weighted by Crippen LogP contribution is -2.15. The predicted molar refractivity (Wildman–Crippen MR) is 91.8 cm³/mol. The van der Waals surface area contributed by atoms with Gasteiger partial charge in [-0.25, -0.2) is 9.97 Å². The zero-order valence-corrected chi connectivity index (χ0v) is 14.8. The van der Waals surface area contributed by atoms with Gasteiger partial charge in [-0.2, -0.15) is 0 Å². The highest BCUT2D eigenvalue weighted by molar-refractivity contribution is 8.00. The van der Waals surface area contributed by atoms with Crippen molar-refractivity contribution in [3.63, 3.8) is 0 Å². The normalized spacial score (nSPS) is 12.3. The largest absolute Gasteiger partial charge is 0.293 e. The summed E-state index contributed by atoms with van der Waals surface area (Å²) >= 11 is 1.42. The fourth-order valence-electron chi connectivity index (χ4n) is 2.14. The molecular formula is C18H22N2OS. The third-order valence-electron chi connectivity index (χ3n) is 4.05. The van der Waals surface area contributed by atoms with Crippen molar-refractivity contribution >= 4 is 17.5 Å². The van der Waals surface area contributed by atoms with Crippen molar-refractivity contribution in [2.24, 2.45) is 0 Å². The number of carbonyl (C=O) groups excluding carboxylic acids is 1. The predicted octanol–water partition coefficient (Wildman–Crippen LogP) is 4.38. The number of thioether (sulfide) groups is 1. The summed E-state index contributed by atoms with van der Waals surface area (Å²) in [5.74, 6) is 0.118. The second-order valence-corrected chi connectivity index (χ2v) is 7.03. The molecule has 1 atom stereocenters. The van der Waals surface area contributed by atoms with Gasteiger partial charge in [0.15, 0.2) is 10.9 Å². The number of hydrogen-bond acceptors (Lipinski definition) is 4. The summed E-state index contributed by atoms with van der Waals surface area (Å²) in [6.07, 6.45) is 0. The van der Waals surface area contributed by atoms with E-state index in [4.69, 9.17) is 0 Å². The number of nitrogens with zero attached hydrogens (tertiary/aromatic N) is 2. The average Bonchev–Trinajstić information content (AvgIpc) is 2.46. The molecule has 0 fully saturated rings. The van der Waals surface area contributed by atoms with Gasteiger partial charge in [0, 0.05) is 17.0 Å². The Kier molecular flexibility index (Phi) is 5.01. The smallest absolute Gasteiger partial charge is 0.188 e. The van der Waals surface area contributed by atoms with Crippen LogP contribution in [0.4, 0.5) is 0 Å². The zero-order chi connectivity index (χ0) is 16.4. The fraction of sp³-hybridized carbons (Fsp3) is 0.389. The summed E-state index contributed by atoms with van der Waals surface area (Å²) in [7, 11) is 0. The van der Waals surface area contributed by atoms with Gasteiger partial charge in [0.05, 0.1) is 5.25 Å². The van der Waals surface area contributed by atoms with Crippen LogP contribution in [0.15, 0.2) is 23.4 Å². The quantitative estimate of drug-likeness (QED) is 0.477. The molecule has 0 aliphatic rings. The summed E-state index contributed by atoms with van der Waals surface area (Å²) in [5.41, 5.74) is 6.15. The van der Waals surface area contributed by atoms with Crippen LogP contribution in [-0.4, -0.2) is 21.0 Å². The van der Waals surface area contributed by atoms with Crippen LogP contribution in [0, 0.1) is 34.6 Å². The maximum atomic E-state index is 12.6. The molecule has 0 aliphatic carbocycles. The van der Waals surface area contributed by atoms with Gasteiger partial charge in [-0.1, -0.05) is 23.9 Å². The molecule has 116 valence electrons. The number of carbonyl (C=O) groups is 1. The first-order valence-corrected chi connectivity index (χ1v) is 8.27. The molecule has 3 nitrogen and oxygen atoms in total. The minimum atomic E-state index is -0.205. The molecule has 2 aromatic rings. The standard InChI is InChI=1S/C18H22N2OS/c1-10-7-8-16(9-11(10)2)17(21)15(6)22-18-19-13(4)12(3)14(5)20-18/h7-9,15H,1-6H3/t15-/m0/s1. The Morgan fingerprint density at radius 1 is 1.00 bits per heavy atom. The van der Waals surface area contributed by atoms with E-state index in [1.165, 1.54) is 17.3 Å². The van der Waals surface area contributed by atoms with Gasteiger partial charge in [-0.15, -0.1) is 0 Å². The summed E-state index contributed by atoms with van der Waals surface area (Å²) in [5, 5.41) is 0.467. The van der Waals surface area contributed by atoms with Gasteiger partial charge in [-0.05, 0) is 64.3 Å². The van der Waals surface area contributed by atoms with Crippen molar-refractivity contribution < 1.29 is 4.79 Å². The Morgan fingerprint density at radius 3 is 2.14 bits per heavy atom. The first-order chi connectivity index (χ1) is 10.3. The molecule has 1 heterocycles. The van der Waals surface area contributed by atoms with Crippen LogP contribution in [0.2, 0.25) is 0 Å². The van der Waals surface area contributed by atoms with Gasteiger partial charge in [0.2, 0.25) is 0 Å². The van der Waals surface area contributed by atoms with Crippen molar-refractivity contribution in [1.82, 2.24) is 9.97 Å². The van der Waals surface area contributed by atoms with E-state index in [1.54, 1.807) is 0 Å². The highest BCUT2D eigenvalue weighted by Gasteiger charge is 2.19. The summed E-state index contributed by atoms with van der Waals surface area (Å²) in [4.78, 5) is 21.5. The number of Topliss-reactive ketones (excluding diaryl/α,β-unsaturated/α-hetero) is 1. The van der Waals surface area contributed by atoms with Crippen LogP contribution in [0.1, 0.15) is 45.4 Å². The lowest BCUT2D eigenvalue weighted by atomic mass is 10.0. The number of aryl methyl sites for hydroxylation is 4. The van der Waals surface area contributed by atoms with Crippen molar-refractivity contribution in [2.45, 2.75) is 51.9 Å². The third kappa shape index (κ3) is 3.55. The maximum absolute atomic E-state index is 12.6. The molecule has 0 amide bonds. The van der Waals surface area contributed by atoms with E-state index in [-0.39, 0.29) is 11.0 Å². The Hall–Kier alpha value is -1.68. The molecule has 0 saturated heterocycles. The Labute approximate surface area is 136 Å². The van der Waals surface area contributed by atoms with Gasteiger partial charge < -0.3 is 0 Å². The van der Waals surface area contributed by atoms with Crippen LogP contribution < -0.4 is 0 Å². The Bertz CT molecular complexity index is 702. The first kappa shape index (κ1) is 16.7. The van der Waals surface area contributed by atoms with Gasteiger partial charge >= 0.3 is 0 Å². The molecule has 2 rings (SSSR count). The van der Waals surface area contributed by atoms with Crippen molar-refractivity contribution in [1.29, 1.82) is 0 Å². The van der Waals surface area contributed by atoms with E-state index in [2.05, 4.69) is 9.97 Å². The van der Waals surface area contributed by atoms with Crippen LogP contribution in [-0.2, 0) is 0 Å².